The van der Waals surface area contributed by atoms with Crippen molar-refractivity contribution in [3.8, 4) is 0 Å². The van der Waals surface area contributed by atoms with Gasteiger partial charge in [0.2, 0.25) is 11.4 Å². The first-order chi connectivity index (χ1) is 10.8. The van der Waals surface area contributed by atoms with Crippen molar-refractivity contribution in [2.75, 3.05) is 7.11 Å². The normalized spacial score (nSPS) is 34.0. The molecule has 1 saturated carbocycles. The Morgan fingerprint density at radius 2 is 1.87 bits per heavy atom. The first-order valence-corrected chi connectivity index (χ1v) is 8.04. The predicted octanol–water partition coefficient (Wildman–Crippen LogP) is 1.52. The summed E-state index contributed by atoms with van der Waals surface area (Å²) < 4.78 is 5.34. The second-order valence-electron chi connectivity index (χ2n) is 6.83. The molecule has 2 fully saturated rings. The number of Topliss-reactive ketones (excluding diaryl/α,β-unsaturated/α-hetero) is 1. The summed E-state index contributed by atoms with van der Waals surface area (Å²) in [6.07, 6.45) is 2.52. The molecule has 1 aliphatic carbocycles. The highest BCUT2D eigenvalue weighted by Crippen LogP contribution is 2.42. The van der Waals surface area contributed by atoms with E-state index < -0.39 is 22.8 Å². The maximum atomic E-state index is 13.1. The number of amides is 1. The smallest absolute Gasteiger partial charge is 0.265 e. The summed E-state index contributed by atoms with van der Waals surface area (Å²) in [5, 5.41) is 13.9. The Morgan fingerprint density at radius 1 is 1.22 bits per heavy atom. The van der Waals surface area contributed by atoms with Gasteiger partial charge in [0.05, 0.1) is 6.10 Å². The van der Waals surface area contributed by atoms with Gasteiger partial charge in [-0.15, -0.1) is 0 Å². The third-order valence-corrected chi connectivity index (χ3v) is 5.35. The van der Waals surface area contributed by atoms with Crippen molar-refractivity contribution in [1.82, 2.24) is 5.32 Å². The number of benzene rings is 1. The van der Waals surface area contributed by atoms with E-state index in [0.29, 0.717) is 31.2 Å². The van der Waals surface area contributed by atoms with Crippen molar-refractivity contribution in [2.45, 2.75) is 56.8 Å². The molecular formula is C18H23NO4. The van der Waals surface area contributed by atoms with Gasteiger partial charge in [0.1, 0.15) is 5.54 Å². The Kier molecular flexibility index (Phi) is 3.81. The Bertz CT molecular complexity index is 661. The van der Waals surface area contributed by atoms with Gasteiger partial charge in [-0.25, -0.2) is 0 Å². The lowest BCUT2D eigenvalue weighted by atomic mass is 9.74. The maximum Gasteiger partial charge on any atom is 0.265 e. The van der Waals surface area contributed by atoms with Gasteiger partial charge in [-0.3, -0.25) is 9.59 Å². The minimum absolute atomic E-state index is 0.111. The number of ketones is 1. The third kappa shape index (κ3) is 2.30. The third-order valence-electron chi connectivity index (χ3n) is 5.35. The van der Waals surface area contributed by atoms with Crippen LogP contribution in [0.2, 0.25) is 0 Å². The van der Waals surface area contributed by atoms with Crippen LogP contribution in [0.5, 0.6) is 0 Å². The predicted molar refractivity (Wildman–Crippen MR) is 85.0 cm³/mol. The molecule has 1 saturated heterocycles. The topological polar surface area (TPSA) is 75.6 Å². The molecule has 1 amide bonds. The highest BCUT2D eigenvalue weighted by atomic mass is 16.5. The van der Waals surface area contributed by atoms with Crippen LogP contribution >= 0.6 is 0 Å². The molecule has 1 unspecified atom stereocenters. The van der Waals surface area contributed by atoms with Crippen molar-refractivity contribution >= 4 is 11.7 Å². The highest BCUT2D eigenvalue weighted by molar-refractivity contribution is 6.20. The number of rotatable bonds is 2. The van der Waals surface area contributed by atoms with Crippen LogP contribution in [0, 0.1) is 13.8 Å². The van der Waals surface area contributed by atoms with Gasteiger partial charge in [-0.2, -0.15) is 0 Å². The van der Waals surface area contributed by atoms with Crippen LogP contribution < -0.4 is 5.32 Å². The van der Waals surface area contributed by atoms with E-state index in [1.165, 1.54) is 0 Å². The quantitative estimate of drug-likeness (QED) is 0.811. The number of carbonyl (C=O) groups excluding carboxylic acids is 2. The van der Waals surface area contributed by atoms with Crippen molar-refractivity contribution in [1.29, 1.82) is 0 Å². The monoisotopic (exact) mass is 317 g/mol. The fraction of sp³-hybridized carbons (Fsp3) is 0.556. The fourth-order valence-corrected chi connectivity index (χ4v) is 3.86. The van der Waals surface area contributed by atoms with Gasteiger partial charge in [-0.1, -0.05) is 23.8 Å². The standard InChI is InChI=1S/C18H23NO4/c1-11-4-5-12(2)14(10-11)18(22)15(20)17(19-16(18)21)8-6-13(23-3)7-9-17/h4-5,10,13,22H,6-9H2,1-3H3,(H,19,21). The molecule has 5 heteroatoms. The van der Waals surface area contributed by atoms with E-state index >= 15 is 0 Å². The number of aliphatic hydroxyl groups is 1. The molecule has 0 radical (unpaired) electrons. The number of methoxy groups -OCH3 is 1. The fourth-order valence-electron chi connectivity index (χ4n) is 3.86. The van der Waals surface area contributed by atoms with E-state index in [-0.39, 0.29) is 6.10 Å². The average Bonchev–Trinajstić information content (AvgIpc) is 2.73. The number of ether oxygens (including phenoxy) is 1. The molecule has 2 N–H and O–H groups in total. The van der Waals surface area contributed by atoms with Crippen LogP contribution in [0.1, 0.15) is 42.4 Å². The molecule has 5 nitrogen and oxygen atoms in total. The van der Waals surface area contributed by atoms with Gasteiger partial charge < -0.3 is 15.2 Å². The van der Waals surface area contributed by atoms with Gasteiger partial charge in [-0.05, 0) is 45.1 Å². The van der Waals surface area contributed by atoms with Gasteiger partial charge in [0.25, 0.3) is 5.91 Å². The Hall–Kier alpha value is -1.72. The minimum Gasteiger partial charge on any atom is -0.381 e. The molecule has 1 aromatic rings. The van der Waals surface area contributed by atoms with E-state index in [9.17, 15) is 14.7 Å². The molecule has 1 aliphatic heterocycles. The lowest BCUT2D eigenvalue weighted by Crippen LogP contribution is -2.51. The molecule has 1 spiro atoms. The Balaban J connectivity index is 2.00. The van der Waals surface area contributed by atoms with E-state index in [4.69, 9.17) is 4.74 Å². The van der Waals surface area contributed by atoms with E-state index in [2.05, 4.69) is 5.32 Å². The zero-order chi connectivity index (χ0) is 16.8. The highest BCUT2D eigenvalue weighted by Gasteiger charge is 2.63. The van der Waals surface area contributed by atoms with Crippen molar-refractivity contribution in [3.63, 3.8) is 0 Å². The number of hydrogen-bond acceptors (Lipinski definition) is 4. The zero-order valence-electron chi connectivity index (χ0n) is 13.8. The van der Waals surface area contributed by atoms with Gasteiger partial charge >= 0.3 is 0 Å². The molecule has 2 aliphatic rings. The van der Waals surface area contributed by atoms with Gasteiger partial charge in [0, 0.05) is 12.7 Å². The van der Waals surface area contributed by atoms with Crippen LogP contribution in [0.3, 0.4) is 0 Å². The molecule has 124 valence electrons. The number of carbonyl (C=O) groups is 2. The summed E-state index contributed by atoms with van der Waals surface area (Å²) >= 11 is 0. The summed E-state index contributed by atoms with van der Waals surface area (Å²) in [5.41, 5.74) is -1.01. The van der Waals surface area contributed by atoms with E-state index in [0.717, 1.165) is 11.1 Å². The van der Waals surface area contributed by atoms with Crippen molar-refractivity contribution in [2.24, 2.45) is 0 Å². The second kappa shape index (κ2) is 5.42. The first-order valence-electron chi connectivity index (χ1n) is 8.04. The lowest BCUT2D eigenvalue weighted by molar-refractivity contribution is -0.147. The molecule has 0 bridgehead atoms. The minimum atomic E-state index is -2.09. The number of aryl methyl sites for hydroxylation is 2. The summed E-state index contributed by atoms with van der Waals surface area (Å²) in [6, 6.07) is 5.46. The molecule has 0 aromatic heterocycles. The van der Waals surface area contributed by atoms with Crippen molar-refractivity contribution in [3.05, 3.63) is 34.9 Å². The maximum absolute atomic E-state index is 13.1. The van der Waals surface area contributed by atoms with Crippen LogP contribution in [0.4, 0.5) is 0 Å². The molecule has 3 rings (SSSR count). The lowest BCUT2D eigenvalue weighted by Gasteiger charge is -2.35. The van der Waals surface area contributed by atoms with Crippen LogP contribution in [0.25, 0.3) is 0 Å². The Morgan fingerprint density at radius 3 is 2.48 bits per heavy atom. The zero-order valence-corrected chi connectivity index (χ0v) is 13.8. The van der Waals surface area contributed by atoms with Crippen LogP contribution in [0.15, 0.2) is 18.2 Å². The summed E-state index contributed by atoms with van der Waals surface area (Å²) in [5.74, 6) is -1.02. The van der Waals surface area contributed by atoms with Crippen molar-refractivity contribution < 1.29 is 19.4 Å². The van der Waals surface area contributed by atoms with E-state index in [1.54, 1.807) is 20.1 Å². The summed E-state index contributed by atoms with van der Waals surface area (Å²) in [4.78, 5) is 25.7. The van der Waals surface area contributed by atoms with Gasteiger partial charge in [0.15, 0.2) is 0 Å². The SMILES string of the molecule is COC1CCC2(CC1)NC(=O)C(O)(c1cc(C)ccc1C)C2=O. The number of nitrogens with one attached hydrogen (secondary N) is 1. The Labute approximate surface area is 136 Å². The number of hydrogen-bond donors (Lipinski definition) is 2. The molecule has 23 heavy (non-hydrogen) atoms. The average molecular weight is 317 g/mol. The summed E-state index contributed by atoms with van der Waals surface area (Å²) in [6.45, 7) is 3.68. The first kappa shape index (κ1) is 16.1. The van der Waals surface area contributed by atoms with Crippen LogP contribution in [-0.2, 0) is 19.9 Å². The van der Waals surface area contributed by atoms with E-state index in [1.807, 2.05) is 19.1 Å². The second-order valence-corrected chi connectivity index (χ2v) is 6.83. The largest absolute Gasteiger partial charge is 0.381 e. The molecule has 1 atom stereocenters. The molecule has 1 heterocycles. The van der Waals surface area contributed by atoms with Crippen LogP contribution in [-0.4, -0.2) is 35.5 Å². The molecule has 1 aromatic carbocycles. The summed E-state index contributed by atoms with van der Waals surface area (Å²) in [7, 11) is 1.66. The molecular weight excluding hydrogens is 294 g/mol.